The third-order valence-electron chi connectivity index (χ3n) is 9.08. The van der Waals surface area contributed by atoms with Gasteiger partial charge in [-0.15, -0.1) is 9.36 Å². The first-order chi connectivity index (χ1) is 22.4. The number of halogens is 4. The van der Waals surface area contributed by atoms with E-state index in [4.69, 9.17) is 0 Å². The Morgan fingerprint density at radius 3 is 1.35 bits per heavy atom. The van der Waals surface area contributed by atoms with Crippen LogP contribution in [0.4, 0.5) is 8.78 Å². The van der Waals surface area contributed by atoms with Gasteiger partial charge >= 0.3 is 0 Å². The smallest absolute Gasteiger partial charge is 0.265 e. The van der Waals surface area contributed by atoms with E-state index in [0.717, 1.165) is 32.0 Å². The molecule has 2 heterocycles. The Hall–Kier alpha value is -1.72. The standard InChI is InChI=1S/C37H62F2N6O.2BrH/c1-3-5-7-9-11-13-15-17-19-21-25-42-30-40-44(32-42)28-37(46,35-24-23-34(38)27-36(35)39)29-45-33-43(31-41-45)26-22-20-18-16-14-12-10-8-6-4-2;;/h23-24,27,30-33,46H,3-22,25-26,28-29H2,1-2H3;2*1H/q+2;;/p-2. The summed E-state index contributed by atoms with van der Waals surface area (Å²) in [7, 11) is 0. The fourth-order valence-electron chi connectivity index (χ4n) is 6.31. The first kappa shape index (κ1) is 44.3. The molecule has 3 rings (SSSR count). The first-order valence-corrected chi connectivity index (χ1v) is 18.4. The fourth-order valence-corrected chi connectivity index (χ4v) is 6.31. The Morgan fingerprint density at radius 2 is 0.979 bits per heavy atom. The summed E-state index contributed by atoms with van der Waals surface area (Å²) in [4.78, 5) is 0. The second-order valence-corrected chi connectivity index (χ2v) is 13.4. The van der Waals surface area contributed by atoms with Gasteiger partial charge in [0.1, 0.15) is 24.7 Å². The molecule has 3 aromatic rings. The SMILES string of the molecule is CCCCCCCCCCCC[n+]1cnn(CC(O)(Cn2c[n+](CCCCCCCCCCCC)cn2)c2ccc(F)cc2F)c1.[Br-].[Br-]. The minimum atomic E-state index is -1.68. The molecule has 0 saturated carbocycles. The minimum Gasteiger partial charge on any atom is -1.00 e. The van der Waals surface area contributed by atoms with Crippen molar-refractivity contribution in [3.63, 3.8) is 0 Å². The number of aromatic nitrogens is 6. The molecule has 0 atom stereocenters. The van der Waals surface area contributed by atoms with Crippen LogP contribution in [-0.4, -0.2) is 24.7 Å². The van der Waals surface area contributed by atoms with Crippen LogP contribution in [0.3, 0.4) is 0 Å². The van der Waals surface area contributed by atoms with E-state index in [1.807, 2.05) is 21.8 Å². The lowest BCUT2D eigenvalue weighted by Crippen LogP contribution is -3.00. The zero-order chi connectivity index (χ0) is 32.9. The highest BCUT2D eigenvalue weighted by atomic mass is 79.9. The van der Waals surface area contributed by atoms with Gasteiger partial charge in [-0.2, -0.15) is 0 Å². The van der Waals surface area contributed by atoms with Gasteiger partial charge in [0.2, 0.25) is 12.7 Å². The number of benzene rings is 1. The van der Waals surface area contributed by atoms with Crippen LogP contribution in [0.15, 0.2) is 43.5 Å². The average Bonchev–Trinajstić information content (AvgIpc) is 3.67. The lowest BCUT2D eigenvalue weighted by Gasteiger charge is -2.24. The van der Waals surface area contributed by atoms with Crippen LogP contribution in [0.5, 0.6) is 0 Å². The Kier molecular flexibility index (Phi) is 24.1. The van der Waals surface area contributed by atoms with Crippen molar-refractivity contribution in [3.05, 3.63) is 60.7 Å². The predicted molar refractivity (Wildman–Crippen MR) is 179 cm³/mol. The summed E-state index contributed by atoms with van der Waals surface area (Å²) in [5.41, 5.74) is -1.65. The molecule has 0 bridgehead atoms. The summed E-state index contributed by atoms with van der Waals surface area (Å²) < 4.78 is 36.1. The lowest BCUT2D eigenvalue weighted by molar-refractivity contribution is -0.698. The van der Waals surface area contributed by atoms with Gasteiger partial charge < -0.3 is 39.1 Å². The van der Waals surface area contributed by atoms with Crippen LogP contribution >= 0.6 is 0 Å². The molecular weight excluding hydrogens is 742 g/mol. The molecule has 0 aliphatic rings. The topological polar surface area (TPSA) is 63.6 Å². The summed E-state index contributed by atoms with van der Waals surface area (Å²) in [6, 6.07) is 3.34. The second-order valence-electron chi connectivity index (χ2n) is 13.4. The molecule has 1 N–H and O–H groups in total. The van der Waals surface area contributed by atoms with E-state index in [9.17, 15) is 9.50 Å². The van der Waals surface area contributed by atoms with Gasteiger partial charge in [-0.25, -0.2) is 17.9 Å². The van der Waals surface area contributed by atoms with Crippen molar-refractivity contribution in [2.24, 2.45) is 0 Å². The molecule has 0 saturated heterocycles. The molecule has 11 heteroatoms. The summed E-state index contributed by atoms with van der Waals surface area (Å²) >= 11 is 0. The van der Waals surface area contributed by atoms with E-state index in [1.54, 1.807) is 22.0 Å². The monoisotopic (exact) mass is 802 g/mol. The number of hydrogen-bond acceptors (Lipinski definition) is 3. The van der Waals surface area contributed by atoms with E-state index < -0.39 is 17.2 Å². The highest BCUT2D eigenvalue weighted by molar-refractivity contribution is 5.25. The Balaban J connectivity index is 0.00000576. The van der Waals surface area contributed by atoms with Crippen molar-refractivity contribution in [2.45, 2.75) is 174 Å². The van der Waals surface area contributed by atoms with Crippen molar-refractivity contribution in [3.8, 4) is 0 Å². The molecule has 274 valence electrons. The van der Waals surface area contributed by atoms with Gasteiger partial charge in [-0.1, -0.05) is 135 Å². The number of unbranched alkanes of at least 4 members (excludes halogenated alkanes) is 18. The average molecular weight is 805 g/mol. The van der Waals surface area contributed by atoms with E-state index in [0.29, 0.717) is 0 Å². The molecule has 0 unspecified atom stereocenters. The summed E-state index contributed by atoms with van der Waals surface area (Å²) in [5.74, 6) is -1.45. The molecule has 7 nitrogen and oxygen atoms in total. The van der Waals surface area contributed by atoms with Crippen molar-refractivity contribution in [1.29, 1.82) is 0 Å². The van der Waals surface area contributed by atoms with Crippen molar-refractivity contribution in [2.75, 3.05) is 0 Å². The van der Waals surface area contributed by atoms with Crippen molar-refractivity contribution < 1.29 is 57.0 Å². The van der Waals surface area contributed by atoms with Crippen LogP contribution in [0, 0.1) is 11.6 Å². The van der Waals surface area contributed by atoms with Gasteiger partial charge in [-0.3, -0.25) is 0 Å². The number of aryl methyl sites for hydroxylation is 2. The molecular formula is C37H62Br2F2N6O. The maximum absolute atomic E-state index is 15.0. The summed E-state index contributed by atoms with van der Waals surface area (Å²) in [6.07, 6.45) is 32.8. The van der Waals surface area contributed by atoms with Crippen molar-refractivity contribution >= 4 is 0 Å². The van der Waals surface area contributed by atoms with Gasteiger partial charge in [0.25, 0.3) is 12.7 Å². The zero-order valence-corrected chi connectivity index (χ0v) is 32.8. The first-order valence-electron chi connectivity index (χ1n) is 18.4. The maximum Gasteiger partial charge on any atom is 0.265 e. The maximum atomic E-state index is 15.0. The molecule has 0 aliphatic carbocycles. The molecule has 2 aromatic heterocycles. The van der Waals surface area contributed by atoms with E-state index in [-0.39, 0.29) is 52.6 Å². The van der Waals surface area contributed by atoms with Gasteiger partial charge in [0.05, 0.1) is 13.1 Å². The third-order valence-corrected chi connectivity index (χ3v) is 9.08. The van der Waals surface area contributed by atoms with E-state index in [2.05, 4.69) is 24.0 Å². The molecule has 0 aliphatic heterocycles. The highest BCUT2D eigenvalue weighted by Crippen LogP contribution is 2.28. The molecule has 0 fully saturated rings. The number of aliphatic hydroxyl groups is 1. The fraction of sp³-hybridized carbons (Fsp3) is 0.730. The number of rotatable bonds is 27. The van der Waals surface area contributed by atoms with Crippen LogP contribution in [-0.2, 0) is 31.8 Å². The lowest BCUT2D eigenvalue weighted by atomic mass is 9.93. The van der Waals surface area contributed by atoms with Gasteiger partial charge in [0.15, 0.2) is 5.60 Å². The largest absolute Gasteiger partial charge is 1.00 e. The molecule has 0 radical (unpaired) electrons. The number of hydrogen-bond donors (Lipinski definition) is 1. The molecule has 48 heavy (non-hydrogen) atoms. The third kappa shape index (κ3) is 17.3. The summed E-state index contributed by atoms with van der Waals surface area (Å²) in [6.45, 7) is 6.22. The van der Waals surface area contributed by atoms with E-state index in [1.165, 1.54) is 128 Å². The van der Waals surface area contributed by atoms with Crippen molar-refractivity contribution in [1.82, 2.24) is 19.6 Å². The van der Waals surface area contributed by atoms with Gasteiger partial charge in [-0.05, 0) is 18.9 Å². The van der Waals surface area contributed by atoms with Gasteiger partial charge in [0, 0.05) is 21.8 Å². The minimum absolute atomic E-state index is 0. The zero-order valence-electron chi connectivity index (χ0n) is 29.7. The Labute approximate surface area is 310 Å². The Bertz CT molecular complexity index is 1160. The number of nitrogens with zero attached hydrogens (tertiary/aromatic N) is 6. The second kappa shape index (κ2) is 26.1. The highest BCUT2D eigenvalue weighted by Gasteiger charge is 2.39. The Morgan fingerprint density at radius 1 is 0.604 bits per heavy atom. The predicted octanol–water partition coefficient (Wildman–Crippen LogP) is 2.37. The molecule has 0 spiro atoms. The summed E-state index contributed by atoms with van der Waals surface area (Å²) in [5, 5.41) is 20.8. The van der Waals surface area contributed by atoms with Crippen LogP contribution in [0.25, 0.3) is 0 Å². The van der Waals surface area contributed by atoms with Crippen LogP contribution in [0.1, 0.15) is 148 Å². The molecule has 0 amide bonds. The normalized spacial score (nSPS) is 11.4. The quantitative estimate of drug-likeness (QED) is 0.0953. The van der Waals surface area contributed by atoms with Crippen LogP contribution in [0.2, 0.25) is 0 Å². The van der Waals surface area contributed by atoms with Crippen LogP contribution < -0.4 is 43.1 Å². The van der Waals surface area contributed by atoms with E-state index >= 15 is 4.39 Å². The molecule has 1 aromatic carbocycles.